The van der Waals surface area contributed by atoms with Crippen LogP contribution in [0.2, 0.25) is 0 Å². The molecular weight excluding hydrogens is 324 g/mol. The molecule has 1 heterocycles. The van der Waals surface area contributed by atoms with Crippen molar-refractivity contribution in [1.82, 2.24) is 9.97 Å². The molecule has 3 aromatic rings. The quantitative estimate of drug-likeness (QED) is 0.685. The van der Waals surface area contributed by atoms with Crippen molar-refractivity contribution in [1.29, 1.82) is 0 Å². The van der Waals surface area contributed by atoms with Crippen molar-refractivity contribution < 1.29 is 13.6 Å². The van der Waals surface area contributed by atoms with Gasteiger partial charge in [0.25, 0.3) is 0 Å². The smallest absolute Gasteiger partial charge is 0.247 e. The molecule has 0 aliphatic heterocycles. The number of hydrogen-bond acceptors (Lipinski definition) is 3. The maximum Gasteiger partial charge on any atom is 0.247 e. The third-order valence-corrected chi connectivity index (χ3v) is 3.42. The molecule has 0 saturated heterocycles. The first-order valence-electron chi connectivity index (χ1n) is 6.66. The SMILES string of the molecule is O=C(CCl)N(c1cnc2ccccc2n1)c1c(F)cccc1F. The zero-order valence-electron chi connectivity index (χ0n) is 11.7. The van der Waals surface area contributed by atoms with Crippen LogP contribution < -0.4 is 4.90 Å². The number of fused-ring (bicyclic) bond motifs is 1. The van der Waals surface area contributed by atoms with Gasteiger partial charge in [-0.2, -0.15) is 0 Å². The number of hydrogen-bond donors (Lipinski definition) is 0. The van der Waals surface area contributed by atoms with Gasteiger partial charge in [0.2, 0.25) is 5.91 Å². The highest BCUT2D eigenvalue weighted by Crippen LogP contribution is 2.30. The highest BCUT2D eigenvalue weighted by Gasteiger charge is 2.25. The van der Waals surface area contributed by atoms with E-state index in [0.717, 1.165) is 17.0 Å². The molecule has 0 fully saturated rings. The van der Waals surface area contributed by atoms with Gasteiger partial charge in [0.15, 0.2) is 5.82 Å². The number of benzene rings is 2. The number of amides is 1. The van der Waals surface area contributed by atoms with Crippen LogP contribution in [-0.4, -0.2) is 21.8 Å². The molecule has 0 atom stereocenters. The number of nitrogens with zero attached hydrogens (tertiary/aromatic N) is 3. The predicted molar refractivity (Wildman–Crippen MR) is 83.8 cm³/mol. The Morgan fingerprint density at radius 1 is 1.04 bits per heavy atom. The lowest BCUT2D eigenvalue weighted by Gasteiger charge is -2.21. The van der Waals surface area contributed by atoms with Crippen molar-refractivity contribution in [3.05, 3.63) is 60.3 Å². The predicted octanol–water partition coefficient (Wildman–Crippen LogP) is 3.81. The summed E-state index contributed by atoms with van der Waals surface area (Å²) in [7, 11) is 0. The molecule has 0 unspecified atom stereocenters. The number of carbonyl (C=O) groups is 1. The van der Waals surface area contributed by atoms with E-state index in [1.54, 1.807) is 24.3 Å². The Morgan fingerprint density at radius 2 is 1.70 bits per heavy atom. The lowest BCUT2D eigenvalue weighted by molar-refractivity contribution is -0.115. The summed E-state index contributed by atoms with van der Waals surface area (Å²) in [5.41, 5.74) is 0.570. The van der Waals surface area contributed by atoms with E-state index in [-0.39, 0.29) is 5.82 Å². The van der Waals surface area contributed by atoms with Gasteiger partial charge in [-0.1, -0.05) is 18.2 Å². The standard InChI is InChI=1S/C16H10ClF2N3O/c17-8-15(23)22(16-10(18)4-3-5-11(16)19)14-9-20-12-6-1-2-7-13(12)21-14/h1-7,9H,8H2. The average Bonchev–Trinajstić information content (AvgIpc) is 2.57. The minimum Gasteiger partial charge on any atom is -0.273 e. The Hall–Kier alpha value is -2.60. The fraction of sp³-hybridized carbons (Fsp3) is 0.0625. The van der Waals surface area contributed by atoms with Gasteiger partial charge in [-0.15, -0.1) is 11.6 Å². The van der Waals surface area contributed by atoms with E-state index in [1.165, 1.54) is 12.3 Å². The Labute approximate surface area is 135 Å². The molecule has 116 valence electrons. The third kappa shape index (κ3) is 2.85. The van der Waals surface area contributed by atoms with Crippen LogP contribution >= 0.6 is 11.6 Å². The van der Waals surface area contributed by atoms with E-state index >= 15 is 0 Å². The van der Waals surface area contributed by atoms with Crippen molar-refractivity contribution in [2.75, 3.05) is 10.8 Å². The zero-order valence-corrected chi connectivity index (χ0v) is 12.5. The number of carbonyl (C=O) groups excluding carboxylic acids is 1. The number of anilines is 2. The third-order valence-electron chi connectivity index (χ3n) is 3.19. The molecule has 3 rings (SSSR count). The van der Waals surface area contributed by atoms with Crippen LogP contribution in [0, 0.1) is 11.6 Å². The molecule has 0 aliphatic carbocycles. The zero-order chi connectivity index (χ0) is 16.4. The van der Waals surface area contributed by atoms with Crippen LogP contribution in [0.25, 0.3) is 11.0 Å². The van der Waals surface area contributed by atoms with Crippen LogP contribution in [-0.2, 0) is 4.79 Å². The van der Waals surface area contributed by atoms with Crippen molar-refractivity contribution in [2.24, 2.45) is 0 Å². The Bertz CT molecular complexity index is 868. The van der Waals surface area contributed by atoms with Crippen LogP contribution in [0.15, 0.2) is 48.7 Å². The molecule has 2 aromatic carbocycles. The topological polar surface area (TPSA) is 46.1 Å². The molecule has 0 bridgehead atoms. The van der Waals surface area contributed by atoms with E-state index in [0.29, 0.717) is 11.0 Å². The molecule has 0 aliphatic rings. The largest absolute Gasteiger partial charge is 0.273 e. The van der Waals surface area contributed by atoms with Gasteiger partial charge in [0.1, 0.15) is 23.2 Å². The molecule has 1 aromatic heterocycles. The number of aromatic nitrogens is 2. The molecule has 7 heteroatoms. The average molecular weight is 334 g/mol. The number of para-hydroxylation sites is 3. The van der Waals surface area contributed by atoms with Crippen LogP contribution in [0.5, 0.6) is 0 Å². The summed E-state index contributed by atoms with van der Waals surface area (Å²) in [4.78, 5) is 21.4. The molecule has 0 saturated carbocycles. The van der Waals surface area contributed by atoms with Gasteiger partial charge < -0.3 is 0 Å². The second-order valence-corrected chi connectivity index (χ2v) is 4.92. The molecule has 0 spiro atoms. The van der Waals surface area contributed by atoms with Gasteiger partial charge in [-0.25, -0.2) is 13.8 Å². The van der Waals surface area contributed by atoms with Gasteiger partial charge in [-0.3, -0.25) is 14.7 Å². The van der Waals surface area contributed by atoms with E-state index in [4.69, 9.17) is 11.6 Å². The molecule has 0 radical (unpaired) electrons. The number of alkyl halides is 1. The van der Waals surface area contributed by atoms with E-state index in [2.05, 4.69) is 9.97 Å². The lowest BCUT2D eigenvalue weighted by atomic mass is 10.2. The van der Waals surface area contributed by atoms with Gasteiger partial charge in [0, 0.05) is 0 Å². The summed E-state index contributed by atoms with van der Waals surface area (Å²) in [6.45, 7) is 0. The number of halogens is 3. The molecule has 4 nitrogen and oxygen atoms in total. The van der Waals surface area contributed by atoms with Crippen LogP contribution in [0.4, 0.5) is 20.3 Å². The second-order valence-electron chi connectivity index (χ2n) is 4.65. The first-order chi connectivity index (χ1) is 11.1. The Morgan fingerprint density at radius 3 is 2.35 bits per heavy atom. The first kappa shape index (κ1) is 15.3. The second kappa shape index (κ2) is 6.26. The highest BCUT2D eigenvalue weighted by atomic mass is 35.5. The summed E-state index contributed by atoms with van der Waals surface area (Å²) in [6, 6.07) is 10.3. The minimum atomic E-state index is -0.890. The van der Waals surface area contributed by atoms with Gasteiger partial charge >= 0.3 is 0 Å². The maximum atomic E-state index is 14.1. The summed E-state index contributed by atoms with van der Waals surface area (Å²) >= 11 is 5.59. The summed E-state index contributed by atoms with van der Waals surface area (Å²) in [5, 5.41) is 0. The molecule has 23 heavy (non-hydrogen) atoms. The first-order valence-corrected chi connectivity index (χ1v) is 7.20. The summed E-state index contributed by atoms with van der Waals surface area (Å²) < 4.78 is 28.1. The van der Waals surface area contributed by atoms with E-state index < -0.39 is 29.1 Å². The van der Waals surface area contributed by atoms with E-state index in [9.17, 15) is 13.6 Å². The van der Waals surface area contributed by atoms with Gasteiger partial charge in [-0.05, 0) is 24.3 Å². The summed E-state index contributed by atoms with van der Waals surface area (Å²) in [6.07, 6.45) is 1.28. The van der Waals surface area contributed by atoms with Gasteiger partial charge in [0.05, 0.1) is 17.2 Å². The summed E-state index contributed by atoms with van der Waals surface area (Å²) in [5.74, 6) is -2.95. The molecular formula is C16H10ClF2N3O. The lowest BCUT2D eigenvalue weighted by Crippen LogP contribution is -2.29. The van der Waals surface area contributed by atoms with Crippen molar-refractivity contribution in [3.63, 3.8) is 0 Å². The monoisotopic (exact) mass is 333 g/mol. The van der Waals surface area contributed by atoms with Crippen molar-refractivity contribution >= 4 is 40.0 Å². The van der Waals surface area contributed by atoms with Crippen molar-refractivity contribution in [3.8, 4) is 0 Å². The Balaban J connectivity index is 2.21. The molecule has 0 N–H and O–H groups in total. The fourth-order valence-corrected chi connectivity index (χ4v) is 2.30. The van der Waals surface area contributed by atoms with Crippen LogP contribution in [0.3, 0.4) is 0 Å². The van der Waals surface area contributed by atoms with Crippen LogP contribution in [0.1, 0.15) is 0 Å². The fourth-order valence-electron chi connectivity index (χ4n) is 2.18. The highest BCUT2D eigenvalue weighted by molar-refractivity contribution is 6.30. The molecule has 1 amide bonds. The number of rotatable bonds is 3. The van der Waals surface area contributed by atoms with Crippen molar-refractivity contribution in [2.45, 2.75) is 0 Å². The normalized spacial score (nSPS) is 10.7. The minimum absolute atomic E-state index is 0.00153. The maximum absolute atomic E-state index is 14.1. The Kier molecular flexibility index (Phi) is 4.16. The van der Waals surface area contributed by atoms with E-state index in [1.807, 2.05) is 0 Å².